The van der Waals surface area contributed by atoms with Crippen LogP contribution < -0.4 is 5.73 Å². The molecule has 0 amide bonds. The number of benzene rings is 2. The third kappa shape index (κ3) is 1.77. The van der Waals surface area contributed by atoms with E-state index in [0.29, 0.717) is 6.54 Å². The van der Waals surface area contributed by atoms with Gasteiger partial charge in [0.1, 0.15) is 0 Å². The zero-order valence-electron chi connectivity index (χ0n) is 10.0. The number of fused-ring (bicyclic) bond motifs is 1. The van der Waals surface area contributed by atoms with Crippen molar-refractivity contribution in [2.75, 3.05) is 0 Å². The van der Waals surface area contributed by atoms with Crippen LogP contribution in [-0.2, 0) is 6.54 Å². The van der Waals surface area contributed by atoms with Crippen molar-refractivity contribution in [3.05, 3.63) is 66.5 Å². The molecule has 0 fully saturated rings. The van der Waals surface area contributed by atoms with Crippen LogP contribution >= 0.6 is 0 Å². The van der Waals surface area contributed by atoms with E-state index in [0.717, 1.165) is 5.56 Å². The lowest BCUT2D eigenvalue weighted by molar-refractivity contribution is 1.07. The molecule has 3 aromatic rings. The molecule has 2 heteroatoms. The molecule has 1 aromatic heterocycles. The van der Waals surface area contributed by atoms with E-state index >= 15 is 0 Å². The summed E-state index contributed by atoms with van der Waals surface area (Å²) in [5, 5.41) is 2.37. The van der Waals surface area contributed by atoms with Crippen LogP contribution in [0.2, 0.25) is 0 Å². The number of pyridine rings is 1. The average molecular weight is 234 g/mol. The average Bonchev–Trinajstić information content (AvgIpc) is 2.46. The summed E-state index contributed by atoms with van der Waals surface area (Å²) in [5.74, 6) is 0. The Bertz CT molecular complexity index is 684. The molecule has 88 valence electrons. The van der Waals surface area contributed by atoms with E-state index < -0.39 is 0 Å². The zero-order chi connectivity index (χ0) is 12.4. The van der Waals surface area contributed by atoms with Gasteiger partial charge in [-0.05, 0) is 28.1 Å². The Morgan fingerprint density at radius 1 is 0.889 bits per heavy atom. The van der Waals surface area contributed by atoms with Gasteiger partial charge in [-0.25, -0.2) is 0 Å². The number of aromatic nitrogens is 1. The maximum Gasteiger partial charge on any atom is 0.0352 e. The first-order chi connectivity index (χ1) is 8.90. The standard InChI is InChI=1S/C16H14N2/c17-10-13-4-1-2-6-14(13)15-7-3-5-12-8-9-18-11-16(12)15/h1-9,11H,10,17H2. The summed E-state index contributed by atoms with van der Waals surface area (Å²) >= 11 is 0. The lowest BCUT2D eigenvalue weighted by Crippen LogP contribution is -1.98. The molecule has 0 aliphatic carbocycles. The highest BCUT2D eigenvalue weighted by Gasteiger charge is 2.06. The highest BCUT2D eigenvalue weighted by Crippen LogP contribution is 2.30. The second-order valence-corrected chi connectivity index (χ2v) is 4.26. The van der Waals surface area contributed by atoms with Gasteiger partial charge in [0.25, 0.3) is 0 Å². The van der Waals surface area contributed by atoms with Crippen molar-refractivity contribution in [1.29, 1.82) is 0 Å². The van der Waals surface area contributed by atoms with E-state index in [9.17, 15) is 0 Å². The summed E-state index contributed by atoms with van der Waals surface area (Å²) in [4.78, 5) is 4.22. The highest BCUT2D eigenvalue weighted by molar-refractivity contribution is 5.96. The summed E-state index contributed by atoms with van der Waals surface area (Å²) in [6.45, 7) is 0.548. The quantitative estimate of drug-likeness (QED) is 0.738. The highest BCUT2D eigenvalue weighted by atomic mass is 14.6. The Labute approximate surface area is 106 Å². The maximum absolute atomic E-state index is 5.82. The summed E-state index contributed by atoms with van der Waals surface area (Å²) in [6, 6.07) is 16.6. The van der Waals surface area contributed by atoms with Crippen molar-refractivity contribution in [2.45, 2.75) is 6.54 Å². The minimum absolute atomic E-state index is 0.548. The Kier molecular flexibility index (Phi) is 2.79. The molecule has 0 saturated carbocycles. The molecule has 2 aromatic carbocycles. The molecular formula is C16H14N2. The number of rotatable bonds is 2. The van der Waals surface area contributed by atoms with Gasteiger partial charge >= 0.3 is 0 Å². The summed E-state index contributed by atoms with van der Waals surface area (Å²) in [7, 11) is 0. The van der Waals surface area contributed by atoms with E-state index in [1.807, 2.05) is 30.6 Å². The molecule has 2 N–H and O–H groups in total. The van der Waals surface area contributed by atoms with Crippen LogP contribution in [0.4, 0.5) is 0 Å². The fourth-order valence-electron chi connectivity index (χ4n) is 2.31. The van der Waals surface area contributed by atoms with Gasteiger partial charge in [-0.3, -0.25) is 4.98 Å². The lowest BCUT2D eigenvalue weighted by atomic mass is 9.96. The van der Waals surface area contributed by atoms with Crippen molar-refractivity contribution < 1.29 is 0 Å². The molecule has 2 nitrogen and oxygen atoms in total. The Morgan fingerprint density at radius 3 is 2.61 bits per heavy atom. The van der Waals surface area contributed by atoms with Gasteiger partial charge < -0.3 is 5.73 Å². The van der Waals surface area contributed by atoms with Crippen LogP contribution in [0, 0.1) is 0 Å². The second kappa shape index (κ2) is 4.59. The van der Waals surface area contributed by atoms with Crippen molar-refractivity contribution >= 4 is 10.8 Å². The molecule has 0 spiro atoms. The minimum atomic E-state index is 0.548. The summed E-state index contributed by atoms with van der Waals surface area (Å²) < 4.78 is 0. The van der Waals surface area contributed by atoms with Crippen LogP contribution in [0.5, 0.6) is 0 Å². The molecule has 1 heterocycles. The number of hydrogen-bond acceptors (Lipinski definition) is 2. The SMILES string of the molecule is NCc1ccccc1-c1cccc2ccncc12. The van der Waals surface area contributed by atoms with Gasteiger partial charge in [-0.1, -0.05) is 42.5 Å². The van der Waals surface area contributed by atoms with Gasteiger partial charge in [-0.2, -0.15) is 0 Å². The molecule has 0 bridgehead atoms. The van der Waals surface area contributed by atoms with Crippen LogP contribution in [0.3, 0.4) is 0 Å². The fraction of sp³-hybridized carbons (Fsp3) is 0.0625. The lowest BCUT2D eigenvalue weighted by Gasteiger charge is -2.10. The predicted molar refractivity (Wildman–Crippen MR) is 75.1 cm³/mol. The van der Waals surface area contributed by atoms with E-state index in [2.05, 4.69) is 35.3 Å². The summed E-state index contributed by atoms with van der Waals surface area (Å²) in [6.07, 6.45) is 3.74. The largest absolute Gasteiger partial charge is 0.326 e. The summed E-state index contributed by atoms with van der Waals surface area (Å²) in [5.41, 5.74) is 9.37. The van der Waals surface area contributed by atoms with E-state index in [1.165, 1.54) is 21.9 Å². The number of nitrogens with two attached hydrogens (primary N) is 1. The van der Waals surface area contributed by atoms with Crippen LogP contribution in [-0.4, -0.2) is 4.98 Å². The number of nitrogens with zero attached hydrogens (tertiary/aromatic N) is 1. The first-order valence-corrected chi connectivity index (χ1v) is 6.01. The van der Waals surface area contributed by atoms with Gasteiger partial charge in [0, 0.05) is 24.3 Å². The van der Waals surface area contributed by atoms with Crippen molar-refractivity contribution in [2.24, 2.45) is 5.73 Å². The third-order valence-electron chi connectivity index (χ3n) is 3.21. The predicted octanol–water partition coefficient (Wildman–Crippen LogP) is 3.36. The molecule has 0 aliphatic heterocycles. The van der Waals surface area contributed by atoms with Crippen molar-refractivity contribution in [1.82, 2.24) is 4.98 Å². The van der Waals surface area contributed by atoms with Gasteiger partial charge in [0.2, 0.25) is 0 Å². The maximum atomic E-state index is 5.82. The van der Waals surface area contributed by atoms with E-state index in [4.69, 9.17) is 5.73 Å². The second-order valence-electron chi connectivity index (χ2n) is 4.26. The molecule has 0 saturated heterocycles. The van der Waals surface area contributed by atoms with Gasteiger partial charge in [0.15, 0.2) is 0 Å². The minimum Gasteiger partial charge on any atom is -0.326 e. The van der Waals surface area contributed by atoms with E-state index in [-0.39, 0.29) is 0 Å². The molecule has 0 aliphatic rings. The van der Waals surface area contributed by atoms with Gasteiger partial charge in [-0.15, -0.1) is 0 Å². The Balaban J connectivity index is 2.32. The van der Waals surface area contributed by atoms with Crippen molar-refractivity contribution in [3.63, 3.8) is 0 Å². The topological polar surface area (TPSA) is 38.9 Å². The van der Waals surface area contributed by atoms with Crippen LogP contribution in [0.25, 0.3) is 21.9 Å². The van der Waals surface area contributed by atoms with Crippen molar-refractivity contribution in [3.8, 4) is 11.1 Å². The van der Waals surface area contributed by atoms with Gasteiger partial charge in [0.05, 0.1) is 0 Å². The smallest absolute Gasteiger partial charge is 0.0352 e. The third-order valence-corrected chi connectivity index (χ3v) is 3.21. The molecule has 0 atom stereocenters. The monoisotopic (exact) mass is 234 g/mol. The van der Waals surface area contributed by atoms with Crippen LogP contribution in [0.1, 0.15) is 5.56 Å². The zero-order valence-corrected chi connectivity index (χ0v) is 10.0. The normalized spacial score (nSPS) is 10.7. The fourth-order valence-corrected chi connectivity index (χ4v) is 2.31. The molecule has 0 radical (unpaired) electrons. The van der Waals surface area contributed by atoms with Crippen LogP contribution in [0.15, 0.2) is 60.9 Å². The van der Waals surface area contributed by atoms with E-state index in [1.54, 1.807) is 0 Å². The Morgan fingerprint density at radius 2 is 1.72 bits per heavy atom. The molecule has 3 rings (SSSR count). The Hall–Kier alpha value is -2.19. The molecular weight excluding hydrogens is 220 g/mol. The first kappa shape index (κ1) is 10.9. The first-order valence-electron chi connectivity index (χ1n) is 6.01. The molecule has 0 unspecified atom stereocenters. The molecule has 18 heavy (non-hydrogen) atoms. The number of hydrogen-bond donors (Lipinski definition) is 1.